The summed E-state index contributed by atoms with van der Waals surface area (Å²) in [6.07, 6.45) is 0. The highest BCUT2D eigenvalue weighted by Gasteiger charge is 2.13. The minimum Gasteiger partial charge on any atom is -0.378 e. The molecule has 0 aliphatic heterocycles. The van der Waals surface area contributed by atoms with E-state index in [0.717, 1.165) is 5.33 Å². The number of halogens is 1. The van der Waals surface area contributed by atoms with Gasteiger partial charge in [-0.2, -0.15) is 8.42 Å². The minimum absolute atomic E-state index is 0.0320. The Kier molecular flexibility index (Phi) is 5.97. The molecule has 0 amide bonds. The average molecular weight is 309 g/mol. The van der Waals surface area contributed by atoms with Gasteiger partial charge in [0.05, 0.1) is 24.7 Å². The van der Waals surface area contributed by atoms with Gasteiger partial charge in [-0.25, -0.2) is 0 Å². The maximum Gasteiger partial charge on any atom is 0.297 e. The number of rotatable bonds is 7. The quantitative estimate of drug-likeness (QED) is 0.438. The summed E-state index contributed by atoms with van der Waals surface area (Å²) in [5, 5.41) is 0.721. The molecule has 0 aromatic heterocycles. The molecule has 1 rings (SSSR count). The number of benzene rings is 1. The first-order valence-corrected chi connectivity index (χ1v) is 7.28. The lowest BCUT2D eigenvalue weighted by atomic mass is 10.4. The maximum atomic E-state index is 11.6. The summed E-state index contributed by atoms with van der Waals surface area (Å²) in [6, 6.07) is 8.04. The Morgan fingerprint density at radius 2 is 1.75 bits per heavy atom. The van der Waals surface area contributed by atoms with E-state index in [1.807, 2.05) is 0 Å². The second-order valence-corrected chi connectivity index (χ2v) is 5.30. The van der Waals surface area contributed by atoms with Gasteiger partial charge in [0.2, 0.25) is 0 Å². The van der Waals surface area contributed by atoms with Crippen molar-refractivity contribution in [1.29, 1.82) is 0 Å². The van der Waals surface area contributed by atoms with Gasteiger partial charge in [-0.3, -0.25) is 4.18 Å². The van der Waals surface area contributed by atoms with Gasteiger partial charge in [0.25, 0.3) is 10.1 Å². The van der Waals surface area contributed by atoms with Crippen molar-refractivity contribution in [3.63, 3.8) is 0 Å². The number of ether oxygens (including phenoxy) is 1. The Morgan fingerprint density at radius 3 is 2.38 bits per heavy atom. The molecular formula is C10H13BrO4S. The van der Waals surface area contributed by atoms with Gasteiger partial charge in [0, 0.05) is 5.33 Å². The molecule has 4 nitrogen and oxygen atoms in total. The third-order valence-corrected chi connectivity index (χ3v) is 3.37. The highest BCUT2D eigenvalue weighted by molar-refractivity contribution is 9.09. The summed E-state index contributed by atoms with van der Waals surface area (Å²) in [6.45, 7) is 0.830. The van der Waals surface area contributed by atoms with Crippen molar-refractivity contribution in [3.05, 3.63) is 30.3 Å². The molecule has 1 aromatic rings. The van der Waals surface area contributed by atoms with Crippen molar-refractivity contribution < 1.29 is 17.3 Å². The van der Waals surface area contributed by atoms with Crippen molar-refractivity contribution in [3.8, 4) is 0 Å². The molecule has 0 radical (unpaired) electrons. The standard InChI is InChI=1S/C10H13BrO4S/c11-6-7-14-8-9-15-16(12,13)10-4-2-1-3-5-10/h1-5H,6-9H2. The van der Waals surface area contributed by atoms with Gasteiger partial charge in [0.15, 0.2) is 0 Å². The predicted octanol–water partition coefficient (Wildman–Crippen LogP) is 1.80. The molecule has 0 heterocycles. The van der Waals surface area contributed by atoms with E-state index >= 15 is 0 Å². The normalized spacial score (nSPS) is 11.6. The summed E-state index contributed by atoms with van der Waals surface area (Å²) >= 11 is 3.19. The fourth-order valence-corrected chi connectivity index (χ4v) is 2.16. The number of hydrogen-bond acceptors (Lipinski definition) is 4. The van der Waals surface area contributed by atoms with Crippen LogP contribution in [0.5, 0.6) is 0 Å². The molecule has 90 valence electrons. The lowest BCUT2D eigenvalue weighted by Crippen LogP contribution is -2.12. The fourth-order valence-electron chi connectivity index (χ4n) is 1.01. The van der Waals surface area contributed by atoms with Crippen LogP contribution in [0.1, 0.15) is 0 Å². The zero-order chi connectivity index (χ0) is 11.9. The SMILES string of the molecule is O=S(=O)(OCCOCCBr)c1ccccc1. The predicted molar refractivity (Wildman–Crippen MR) is 64.2 cm³/mol. The van der Waals surface area contributed by atoms with Crippen molar-refractivity contribution in [2.75, 3.05) is 25.2 Å². The second-order valence-electron chi connectivity index (χ2n) is 2.89. The van der Waals surface area contributed by atoms with Crippen molar-refractivity contribution in [1.82, 2.24) is 0 Å². The number of alkyl halides is 1. The minimum atomic E-state index is -3.64. The Hall–Kier alpha value is -0.430. The third kappa shape index (κ3) is 4.61. The van der Waals surface area contributed by atoms with Crippen LogP contribution < -0.4 is 0 Å². The molecule has 0 unspecified atom stereocenters. The van der Waals surface area contributed by atoms with E-state index in [0.29, 0.717) is 6.61 Å². The summed E-state index contributed by atoms with van der Waals surface area (Å²) < 4.78 is 33.0. The third-order valence-electron chi connectivity index (χ3n) is 1.72. The highest BCUT2D eigenvalue weighted by atomic mass is 79.9. The molecule has 0 atom stereocenters. The molecule has 0 N–H and O–H groups in total. The summed E-state index contributed by atoms with van der Waals surface area (Å²) in [5.41, 5.74) is 0. The summed E-state index contributed by atoms with van der Waals surface area (Å²) in [4.78, 5) is 0.162. The zero-order valence-corrected chi connectivity index (χ0v) is 11.0. The molecule has 0 aliphatic rings. The molecule has 0 aliphatic carbocycles. The maximum absolute atomic E-state index is 11.6. The highest BCUT2D eigenvalue weighted by Crippen LogP contribution is 2.10. The molecule has 0 spiro atoms. The van der Waals surface area contributed by atoms with E-state index in [2.05, 4.69) is 15.9 Å². The second kappa shape index (κ2) is 7.01. The first-order chi connectivity index (χ1) is 7.67. The van der Waals surface area contributed by atoms with E-state index < -0.39 is 10.1 Å². The van der Waals surface area contributed by atoms with E-state index in [4.69, 9.17) is 8.92 Å². The van der Waals surface area contributed by atoms with Crippen LogP contribution in [0.4, 0.5) is 0 Å². The van der Waals surface area contributed by atoms with Gasteiger partial charge in [-0.05, 0) is 12.1 Å². The van der Waals surface area contributed by atoms with Crippen LogP contribution in [-0.4, -0.2) is 33.6 Å². The monoisotopic (exact) mass is 308 g/mol. The molecule has 0 bridgehead atoms. The molecule has 1 aromatic carbocycles. The molecule has 0 fully saturated rings. The molecule has 0 saturated carbocycles. The van der Waals surface area contributed by atoms with E-state index in [9.17, 15) is 8.42 Å². The van der Waals surface area contributed by atoms with Gasteiger partial charge >= 0.3 is 0 Å². The fraction of sp³-hybridized carbons (Fsp3) is 0.400. The molecule has 6 heteroatoms. The van der Waals surface area contributed by atoms with Crippen LogP contribution in [0, 0.1) is 0 Å². The summed E-state index contributed by atoms with van der Waals surface area (Å²) in [5.74, 6) is 0. The number of hydrogen-bond donors (Lipinski definition) is 0. The van der Waals surface area contributed by atoms with E-state index in [1.54, 1.807) is 18.2 Å². The molecule has 16 heavy (non-hydrogen) atoms. The van der Waals surface area contributed by atoms with Gasteiger partial charge in [0.1, 0.15) is 0 Å². The van der Waals surface area contributed by atoms with E-state index in [-0.39, 0.29) is 18.1 Å². The average Bonchev–Trinajstić information content (AvgIpc) is 2.30. The lowest BCUT2D eigenvalue weighted by molar-refractivity contribution is 0.114. The smallest absolute Gasteiger partial charge is 0.297 e. The Balaban J connectivity index is 2.41. The Bertz CT molecular complexity index is 391. The topological polar surface area (TPSA) is 52.6 Å². The molecule has 0 saturated heterocycles. The molecular weight excluding hydrogens is 296 g/mol. The van der Waals surface area contributed by atoms with Crippen LogP contribution in [0.15, 0.2) is 35.2 Å². The Labute approximate surface area is 104 Å². The van der Waals surface area contributed by atoms with Crippen molar-refractivity contribution in [2.24, 2.45) is 0 Å². The largest absolute Gasteiger partial charge is 0.378 e. The van der Waals surface area contributed by atoms with Gasteiger partial charge < -0.3 is 4.74 Å². The summed E-state index contributed by atoms with van der Waals surface area (Å²) in [7, 11) is -3.64. The van der Waals surface area contributed by atoms with E-state index in [1.165, 1.54) is 12.1 Å². The van der Waals surface area contributed by atoms with Crippen LogP contribution in [0.3, 0.4) is 0 Å². The van der Waals surface area contributed by atoms with Crippen LogP contribution in [0.2, 0.25) is 0 Å². The van der Waals surface area contributed by atoms with Crippen LogP contribution >= 0.6 is 15.9 Å². The van der Waals surface area contributed by atoms with Gasteiger partial charge in [-0.1, -0.05) is 34.1 Å². The lowest BCUT2D eigenvalue weighted by Gasteiger charge is -2.05. The van der Waals surface area contributed by atoms with Crippen molar-refractivity contribution in [2.45, 2.75) is 4.90 Å². The first kappa shape index (κ1) is 13.6. The van der Waals surface area contributed by atoms with Crippen molar-refractivity contribution >= 4 is 26.0 Å². The first-order valence-electron chi connectivity index (χ1n) is 4.75. The zero-order valence-electron chi connectivity index (χ0n) is 8.63. The Morgan fingerprint density at radius 1 is 1.06 bits per heavy atom. The van der Waals surface area contributed by atoms with Crippen LogP contribution in [0.25, 0.3) is 0 Å². The van der Waals surface area contributed by atoms with Gasteiger partial charge in [-0.15, -0.1) is 0 Å². The van der Waals surface area contributed by atoms with Crippen LogP contribution in [-0.2, 0) is 19.0 Å².